The Kier molecular flexibility index (Phi) is 10.2. The molecule has 1 aromatic carbocycles. The first-order valence-electron chi connectivity index (χ1n) is 8.60. The van der Waals surface area contributed by atoms with Gasteiger partial charge in [0.2, 0.25) is 5.91 Å². The number of aryl methyl sites for hydroxylation is 1. The Hall–Kier alpha value is -2.28. The van der Waals surface area contributed by atoms with E-state index in [9.17, 15) is 9.59 Å². The molecule has 1 aromatic rings. The van der Waals surface area contributed by atoms with Crippen LogP contribution in [0.1, 0.15) is 24.8 Å². The monoisotopic (exact) mass is 367 g/mol. The minimum absolute atomic E-state index is 0.000194. The summed E-state index contributed by atoms with van der Waals surface area (Å²) in [4.78, 5) is 25.6. The van der Waals surface area contributed by atoms with Crippen LogP contribution in [0.5, 0.6) is 11.5 Å². The van der Waals surface area contributed by atoms with Crippen molar-refractivity contribution >= 4 is 11.9 Å². The van der Waals surface area contributed by atoms with Crippen LogP contribution in [0.25, 0.3) is 0 Å². The van der Waals surface area contributed by atoms with Crippen LogP contribution in [0.2, 0.25) is 0 Å². The average molecular weight is 367 g/mol. The van der Waals surface area contributed by atoms with Crippen molar-refractivity contribution in [1.82, 2.24) is 4.90 Å². The maximum absolute atomic E-state index is 12.6. The fourth-order valence-electron chi connectivity index (χ4n) is 2.53. The quantitative estimate of drug-likeness (QED) is 0.416. The van der Waals surface area contributed by atoms with E-state index in [-0.39, 0.29) is 18.3 Å². The number of hydrogen-bond acceptors (Lipinski definition) is 6. The molecule has 0 N–H and O–H groups in total. The molecule has 7 nitrogen and oxygen atoms in total. The van der Waals surface area contributed by atoms with Gasteiger partial charge in [-0.15, -0.1) is 0 Å². The Bertz CT molecular complexity index is 575. The summed E-state index contributed by atoms with van der Waals surface area (Å²) in [5.74, 6) is 0.969. The van der Waals surface area contributed by atoms with Crippen LogP contribution < -0.4 is 9.47 Å². The van der Waals surface area contributed by atoms with Crippen LogP contribution in [0.4, 0.5) is 0 Å². The highest BCUT2D eigenvalue weighted by atomic mass is 16.5. The maximum atomic E-state index is 12.6. The molecule has 0 aliphatic carbocycles. The van der Waals surface area contributed by atoms with E-state index in [4.69, 9.17) is 14.2 Å². The van der Waals surface area contributed by atoms with Crippen LogP contribution in [-0.4, -0.2) is 64.9 Å². The molecule has 146 valence electrons. The van der Waals surface area contributed by atoms with Crippen molar-refractivity contribution in [1.29, 1.82) is 0 Å². The molecule has 0 aliphatic heterocycles. The fourth-order valence-corrected chi connectivity index (χ4v) is 2.53. The van der Waals surface area contributed by atoms with E-state index < -0.39 is 0 Å². The lowest BCUT2D eigenvalue weighted by atomic mass is 10.1. The van der Waals surface area contributed by atoms with Crippen molar-refractivity contribution < 1.29 is 28.5 Å². The molecular weight excluding hydrogens is 338 g/mol. The average Bonchev–Trinajstić information content (AvgIpc) is 2.67. The largest absolute Gasteiger partial charge is 0.493 e. The van der Waals surface area contributed by atoms with Crippen molar-refractivity contribution in [3.63, 3.8) is 0 Å². The molecule has 1 amide bonds. The molecular formula is C19H29NO6. The van der Waals surface area contributed by atoms with E-state index in [1.165, 1.54) is 7.11 Å². The predicted molar refractivity (Wildman–Crippen MR) is 97.6 cm³/mol. The van der Waals surface area contributed by atoms with Crippen LogP contribution in [0, 0.1) is 0 Å². The number of esters is 1. The number of carbonyl (C=O) groups is 2. The van der Waals surface area contributed by atoms with Gasteiger partial charge in [-0.1, -0.05) is 6.07 Å². The number of hydrogen-bond donors (Lipinski definition) is 0. The number of nitrogens with zero attached hydrogens (tertiary/aromatic N) is 1. The highest BCUT2D eigenvalue weighted by Crippen LogP contribution is 2.28. The molecule has 0 heterocycles. The first-order chi connectivity index (χ1) is 12.5. The summed E-state index contributed by atoms with van der Waals surface area (Å²) in [5.41, 5.74) is 0.987. The zero-order valence-electron chi connectivity index (χ0n) is 16.1. The number of carbonyl (C=O) groups excluding carboxylic acids is 2. The molecule has 7 heteroatoms. The summed E-state index contributed by atoms with van der Waals surface area (Å²) in [6, 6.07) is 5.61. The topological polar surface area (TPSA) is 74.3 Å². The van der Waals surface area contributed by atoms with Gasteiger partial charge in [-0.3, -0.25) is 9.59 Å². The Morgan fingerprint density at radius 3 is 2.31 bits per heavy atom. The van der Waals surface area contributed by atoms with E-state index >= 15 is 0 Å². The summed E-state index contributed by atoms with van der Waals surface area (Å²) in [5, 5.41) is 0. The molecule has 0 saturated carbocycles. The molecule has 0 unspecified atom stereocenters. The molecule has 0 fully saturated rings. The van der Waals surface area contributed by atoms with Crippen LogP contribution in [0.3, 0.4) is 0 Å². The molecule has 1 rings (SSSR count). The zero-order chi connectivity index (χ0) is 19.4. The third-order valence-electron chi connectivity index (χ3n) is 4.02. The molecule has 0 aliphatic rings. The third-order valence-corrected chi connectivity index (χ3v) is 4.02. The van der Waals surface area contributed by atoms with Crippen LogP contribution >= 0.6 is 0 Å². The smallest absolute Gasteiger partial charge is 0.307 e. The molecule has 0 atom stereocenters. The van der Waals surface area contributed by atoms with Gasteiger partial charge >= 0.3 is 5.97 Å². The van der Waals surface area contributed by atoms with Crippen LogP contribution in [-0.2, 0) is 25.5 Å². The summed E-state index contributed by atoms with van der Waals surface area (Å²) in [6.45, 7) is 1.47. The zero-order valence-corrected chi connectivity index (χ0v) is 16.1. The number of ether oxygens (including phenoxy) is 4. The van der Waals surface area contributed by atoms with Gasteiger partial charge in [-0.2, -0.15) is 0 Å². The van der Waals surface area contributed by atoms with Gasteiger partial charge in [0.05, 0.1) is 27.8 Å². The SMILES string of the molecule is COCCCN(CCC(=O)OC)C(=O)CCc1ccc(OC)c(OC)c1. The maximum Gasteiger partial charge on any atom is 0.307 e. The second-order valence-electron chi connectivity index (χ2n) is 5.74. The minimum Gasteiger partial charge on any atom is -0.493 e. The Balaban J connectivity index is 2.64. The normalized spacial score (nSPS) is 10.3. The summed E-state index contributed by atoms with van der Waals surface area (Å²) in [6.07, 6.45) is 1.84. The molecule has 0 saturated heterocycles. The second-order valence-corrected chi connectivity index (χ2v) is 5.74. The van der Waals surface area contributed by atoms with Crippen molar-refractivity contribution in [3.05, 3.63) is 23.8 Å². The van der Waals surface area contributed by atoms with E-state index in [0.29, 0.717) is 44.0 Å². The molecule has 26 heavy (non-hydrogen) atoms. The van der Waals surface area contributed by atoms with Crippen molar-refractivity contribution in [3.8, 4) is 11.5 Å². The predicted octanol–water partition coefficient (Wildman–Crippen LogP) is 2.06. The van der Waals surface area contributed by atoms with Crippen molar-refractivity contribution in [2.24, 2.45) is 0 Å². The highest BCUT2D eigenvalue weighted by Gasteiger charge is 2.15. The number of benzene rings is 1. The van der Waals surface area contributed by atoms with E-state index in [2.05, 4.69) is 4.74 Å². The van der Waals surface area contributed by atoms with E-state index in [0.717, 1.165) is 12.0 Å². The Morgan fingerprint density at radius 2 is 1.69 bits per heavy atom. The number of amides is 1. The minimum atomic E-state index is -0.325. The Morgan fingerprint density at radius 1 is 0.962 bits per heavy atom. The van der Waals surface area contributed by atoms with Gasteiger partial charge < -0.3 is 23.8 Å². The molecule has 0 aromatic heterocycles. The van der Waals surface area contributed by atoms with Gasteiger partial charge in [0.1, 0.15) is 0 Å². The Labute approximate surface area is 155 Å². The highest BCUT2D eigenvalue weighted by molar-refractivity contribution is 5.77. The lowest BCUT2D eigenvalue weighted by molar-refractivity contribution is -0.141. The van der Waals surface area contributed by atoms with Gasteiger partial charge in [-0.05, 0) is 30.5 Å². The standard InChI is InChI=1S/C19H29NO6/c1-23-13-5-11-20(12-10-19(22)26-4)18(21)9-7-15-6-8-16(24-2)17(14-15)25-3/h6,8,14H,5,7,9-13H2,1-4H3. The first kappa shape index (κ1) is 21.8. The summed E-state index contributed by atoms with van der Waals surface area (Å²) in [7, 11) is 6.13. The van der Waals surface area contributed by atoms with Gasteiger partial charge in [0, 0.05) is 33.2 Å². The first-order valence-corrected chi connectivity index (χ1v) is 8.60. The van der Waals surface area contributed by atoms with Gasteiger partial charge in [0.25, 0.3) is 0 Å². The van der Waals surface area contributed by atoms with Crippen molar-refractivity contribution in [2.75, 3.05) is 48.1 Å². The van der Waals surface area contributed by atoms with E-state index in [1.54, 1.807) is 26.2 Å². The van der Waals surface area contributed by atoms with E-state index in [1.807, 2.05) is 18.2 Å². The number of methoxy groups -OCH3 is 4. The van der Waals surface area contributed by atoms with Gasteiger partial charge in [0.15, 0.2) is 11.5 Å². The third kappa shape index (κ3) is 7.31. The van der Waals surface area contributed by atoms with Crippen molar-refractivity contribution in [2.45, 2.75) is 25.7 Å². The summed E-state index contributed by atoms with van der Waals surface area (Å²) < 4.78 is 20.2. The molecule has 0 radical (unpaired) electrons. The fraction of sp³-hybridized carbons (Fsp3) is 0.579. The lowest BCUT2D eigenvalue weighted by Gasteiger charge is -2.22. The second kappa shape index (κ2) is 12.1. The molecule has 0 bridgehead atoms. The lowest BCUT2D eigenvalue weighted by Crippen LogP contribution is -2.34. The summed E-state index contributed by atoms with van der Waals surface area (Å²) >= 11 is 0. The van der Waals surface area contributed by atoms with Gasteiger partial charge in [-0.25, -0.2) is 0 Å². The number of rotatable bonds is 12. The molecule has 0 spiro atoms. The van der Waals surface area contributed by atoms with Crippen LogP contribution in [0.15, 0.2) is 18.2 Å².